The van der Waals surface area contributed by atoms with Crippen molar-refractivity contribution in [1.29, 1.82) is 0 Å². The number of halogens is 1. The summed E-state index contributed by atoms with van der Waals surface area (Å²) < 4.78 is 1.50. The molecule has 0 spiro atoms. The molecule has 0 fully saturated rings. The summed E-state index contributed by atoms with van der Waals surface area (Å²) in [4.78, 5) is 26.0. The van der Waals surface area contributed by atoms with Crippen molar-refractivity contribution in [2.45, 2.75) is 6.61 Å². The summed E-state index contributed by atoms with van der Waals surface area (Å²) in [6, 6.07) is 10.8. The smallest absolute Gasteiger partial charge is 0.275 e. The van der Waals surface area contributed by atoms with Crippen LogP contribution in [-0.2, 0) is 23.4 Å². The number of benzene rings is 1. The summed E-state index contributed by atoms with van der Waals surface area (Å²) in [6.07, 6.45) is 3.22. The van der Waals surface area contributed by atoms with Crippen molar-refractivity contribution in [2.75, 3.05) is 12.4 Å². The molecule has 0 radical (unpaired) electrons. The number of nitrogens with one attached hydrogen (secondary N) is 1. The van der Waals surface area contributed by atoms with Crippen molar-refractivity contribution in [3.05, 3.63) is 65.1 Å². The number of carbonyl (C=O) groups is 1. The van der Waals surface area contributed by atoms with Crippen LogP contribution < -0.4 is 5.32 Å². The van der Waals surface area contributed by atoms with Gasteiger partial charge in [0.1, 0.15) is 18.1 Å². The number of aromatic nitrogens is 3. The molecule has 2 heterocycles. The third-order valence-electron chi connectivity index (χ3n) is 3.74. The van der Waals surface area contributed by atoms with Crippen molar-refractivity contribution in [3.8, 4) is 11.1 Å². The fourth-order valence-electron chi connectivity index (χ4n) is 2.41. The molecule has 0 saturated heterocycles. The minimum Gasteiger partial charge on any atom is -0.305 e. The summed E-state index contributed by atoms with van der Waals surface area (Å²) in [6.45, 7) is 0.312. The first-order chi connectivity index (χ1) is 12.6. The first-order valence-corrected chi connectivity index (χ1v) is 8.16. The highest BCUT2D eigenvalue weighted by atomic mass is 35.5. The highest BCUT2D eigenvalue weighted by Gasteiger charge is 2.11. The van der Waals surface area contributed by atoms with Gasteiger partial charge in [-0.15, -0.1) is 0 Å². The van der Waals surface area contributed by atoms with E-state index >= 15 is 0 Å². The molecule has 0 unspecified atom stereocenters. The lowest BCUT2D eigenvalue weighted by atomic mass is 10.0. The Morgan fingerprint density at radius 1 is 1.27 bits per heavy atom. The number of anilines is 1. The molecule has 0 aliphatic carbocycles. The second kappa shape index (κ2) is 8.09. The number of hydrogen-bond acceptors (Lipinski definition) is 5. The number of amides is 1. The molecule has 7 nitrogen and oxygen atoms in total. The predicted molar refractivity (Wildman–Crippen MR) is 97.6 cm³/mol. The first kappa shape index (κ1) is 18.1. The zero-order chi connectivity index (χ0) is 18.5. The van der Waals surface area contributed by atoms with E-state index in [-0.39, 0.29) is 5.91 Å². The molecular formula is C18H17ClN4O3. The van der Waals surface area contributed by atoms with Crippen LogP contribution in [0.15, 0.2) is 48.8 Å². The van der Waals surface area contributed by atoms with Crippen LogP contribution in [0.1, 0.15) is 16.1 Å². The molecule has 1 amide bonds. The summed E-state index contributed by atoms with van der Waals surface area (Å²) >= 11 is 6.29. The maximum absolute atomic E-state index is 12.2. The van der Waals surface area contributed by atoms with Gasteiger partial charge in [-0.05, 0) is 35.9 Å². The van der Waals surface area contributed by atoms with Crippen LogP contribution in [0.4, 0.5) is 5.82 Å². The van der Waals surface area contributed by atoms with Crippen molar-refractivity contribution in [2.24, 2.45) is 7.05 Å². The van der Waals surface area contributed by atoms with Crippen LogP contribution >= 0.6 is 11.6 Å². The summed E-state index contributed by atoms with van der Waals surface area (Å²) in [7, 11) is 3.16. The number of hydrogen-bond donors (Lipinski definition) is 1. The Morgan fingerprint density at radius 2 is 2.12 bits per heavy atom. The molecule has 1 N–H and O–H groups in total. The van der Waals surface area contributed by atoms with Crippen molar-refractivity contribution in [3.63, 3.8) is 0 Å². The lowest BCUT2D eigenvalue weighted by Gasteiger charge is -2.09. The fraction of sp³-hybridized carbons (Fsp3) is 0.167. The maximum atomic E-state index is 12.2. The Balaban J connectivity index is 1.77. The van der Waals surface area contributed by atoms with E-state index in [9.17, 15) is 4.79 Å². The van der Waals surface area contributed by atoms with Crippen LogP contribution in [0.2, 0.25) is 5.02 Å². The summed E-state index contributed by atoms with van der Waals surface area (Å²) in [5.74, 6) is 0.164. The Bertz CT molecular complexity index is 909. The van der Waals surface area contributed by atoms with E-state index in [0.29, 0.717) is 23.1 Å². The average molecular weight is 373 g/mol. The van der Waals surface area contributed by atoms with E-state index < -0.39 is 0 Å². The molecule has 134 valence electrons. The standard InChI is InChI=1S/C18H17ClN4O3/c1-23-16(7-8-21-23)18(24)22-17-6-4-13(10-20-17)14-9-12(11-26-25-2)3-5-15(14)19/h3-10H,11H2,1-2H3,(H,20,22,24). The first-order valence-electron chi connectivity index (χ1n) is 7.78. The highest BCUT2D eigenvalue weighted by molar-refractivity contribution is 6.33. The molecule has 3 rings (SSSR count). The fourth-order valence-corrected chi connectivity index (χ4v) is 2.64. The van der Waals surface area contributed by atoms with Crippen LogP contribution in [0, 0.1) is 0 Å². The Kier molecular flexibility index (Phi) is 5.62. The monoisotopic (exact) mass is 372 g/mol. The van der Waals surface area contributed by atoms with E-state index in [0.717, 1.165) is 16.7 Å². The van der Waals surface area contributed by atoms with Gasteiger partial charge < -0.3 is 5.32 Å². The summed E-state index contributed by atoms with van der Waals surface area (Å²) in [5, 5.41) is 7.31. The van der Waals surface area contributed by atoms with E-state index in [1.165, 1.54) is 11.8 Å². The number of rotatable bonds is 6. The lowest BCUT2D eigenvalue weighted by Crippen LogP contribution is -2.16. The van der Waals surface area contributed by atoms with Crippen molar-refractivity contribution < 1.29 is 14.6 Å². The van der Waals surface area contributed by atoms with E-state index in [4.69, 9.17) is 16.5 Å². The zero-order valence-electron chi connectivity index (χ0n) is 14.3. The Labute approximate surface area is 155 Å². The van der Waals surface area contributed by atoms with Crippen molar-refractivity contribution >= 4 is 23.3 Å². The van der Waals surface area contributed by atoms with Gasteiger partial charge in [-0.2, -0.15) is 5.10 Å². The van der Waals surface area contributed by atoms with Crippen LogP contribution in [-0.4, -0.2) is 27.8 Å². The Morgan fingerprint density at radius 3 is 2.77 bits per heavy atom. The molecule has 26 heavy (non-hydrogen) atoms. The number of nitrogens with zero attached hydrogens (tertiary/aromatic N) is 3. The highest BCUT2D eigenvalue weighted by Crippen LogP contribution is 2.29. The quantitative estimate of drug-likeness (QED) is 0.529. The molecular weight excluding hydrogens is 356 g/mol. The van der Waals surface area contributed by atoms with Crippen molar-refractivity contribution in [1.82, 2.24) is 14.8 Å². The topological polar surface area (TPSA) is 78.3 Å². The Hall–Kier alpha value is -2.74. The number of aryl methyl sites for hydroxylation is 1. The van der Waals surface area contributed by atoms with Crippen LogP contribution in [0.25, 0.3) is 11.1 Å². The van der Waals surface area contributed by atoms with Gasteiger partial charge in [0.2, 0.25) is 0 Å². The minimum absolute atomic E-state index is 0.276. The van der Waals surface area contributed by atoms with E-state index in [2.05, 4.69) is 20.3 Å². The third kappa shape index (κ3) is 4.08. The number of pyridine rings is 1. The SMILES string of the molecule is COOCc1ccc(Cl)c(-c2ccc(NC(=O)c3ccnn3C)nc2)c1. The molecule has 0 bridgehead atoms. The van der Waals surface area contributed by atoms with Gasteiger partial charge in [-0.1, -0.05) is 17.7 Å². The van der Waals surface area contributed by atoms with Gasteiger partial charge in [-0.3, -0.25) is 9.48 Å². The van der Waals surface area contributed by atoms with Crippen LogP contribution in [0.5, 0.6) is 0 Å². The summed E-state index contributed by atoms with van der Waals surface area (Å²) in [5.41, 5.74) is 3.01. The molecule has 1 aromatic carbocycles. The maximum Gasteiger partial charge on any atom is 0.275 e. The van der Waals surface area contributed by atoms with Gasteiger partial charge in [0.15, 0.2) is 0 Å². The minimum atomic E-state index is -0.276. The van der Waals surface area contributed by atoms with Gasteiger partial charge in [0.05, 0.1) is 7.11 Å². The molecule has 0 aliphatic rings. The second-order valence-corrected chi connectivity index (χ2v) is 5.88. The molecule has 0 saturated carbocycles. The van der Waals surface area contributed by atoms with E-state index in [1.807, 2.05) is 18.2 Å². The van der Waals surface area contributed by atoms with Crippen LogP contribution in [0.3, 0.4) is 0 Å². The molecule has 2 aromatic heterocycles. The molecule has 0 aliphatic heterocycles. The third-order valence-corrected chi connectivity index (χ3v) is 4.07. The normalized spacial score (nSPS) is 10.7. The average Bonchev–Trinajstić information content (AvgIpc) is 3.08. The molecule has 0 atom stereocenters. The van der Waals surface area contributed by atoms with Gasteiger partial charge in [0.25, 0.3) is 5.91 Å². The second-order valence-electron chi connectivity index (χ2n) is 5.47. The molecule has 8 heteroatoms. The van der Waals surface area contributed by atoms with Gasteiger partial charge in [0, 0.05) is 35.6 Å². The van der Waals surface area contributed by atoms with E-state index in [1.54, 1.807) is 37.6 Å². The largest absolute Gasteiger partial charge is 0.305 e. The van der Waals surface area contributed by atoms with Gasteiger partial charge in [-0.25, -0.2) is 14.8 Å². The lowest BCUT2D eigenvalue weighted by molar-refractivity contribution is -0.282. The molecule has 3 aromatic rings. The predicted octanol–water partition coefficient (Wildman–Crippen LogP) is 3.47. The number of carbonyl (C=O) groups excluding carboxylic acids is 1. The zero-order valence-corrected chi connectivity index (χ0v) is 15.0. The van der Waals surface area contributed by atoms with Gasteiger partial charge >= 0.3 is 0 Å².